The van der Waals surface area contributed by atoms with Crippen LogP contribution in [0.15, 0.2) is 46.9 Å². The lowest BCUT2D eigenvalue weighted by Crippen LogP contribution is -1.90. The van der Waals surface area contributed by atoms with Crippen LogP contribution in [-0.2, 0) is 0 Å². The average molecular weight is 374 g/mol. The molecule has 0 heterocycles. The summed E-state index contributed by atoms with van der Waals surface area (Å²) in [4.78, 5) is 20.4. The molecule has 2 aromatic rings. The molecule has 0 aliphatic carbocycles. The minimum Gasteiger partial charge on any atom is -0.258 e. The standard InChI is InChI=1S/C15H8BrN3O4/c16-14-8-10(1-6-15(14)19(22)23)7-12(9-17)11-2-4-13(5-3-11)18(20)21/h1-8H/b12-7+. The Labute approximate surface area is 138 Å². The molecule has 23 heavy (non-hydrogen) atoms. The maximum atomic E-state index is 10.8. The third-order valence-electron chi connectivity index (χ3n) is 2.99. The lowest BCUT2D eigenvalue weighted by Gasteiger charge is -2.01. The van der Waals surface area contributed by atoms with E-state index in [0.717, 1.165) is 0 Å². The molecule has 0 unspecified atom stereocenters. The van der Waals surface area contributed by atoms with Gasteiger partial charge in [0.15, 0.2) is 0 Å². The fourth-order valence-corrected chi connectivity index (χ4v) is 2.41. The van der Waals surface area contributed by atoms with Crippen molar-refractivity contribution in [3.63, 3.8) is 0 Å². The van der Waals surface area contributed by atoms with Gasteiger partial charge in [-0.2, -0.15) is 5.26 Å². The van der Waals surface area contributed by atoms with Gasteiger partial charge >= 0.3 is 0 Å². The summed E-state index contributed by atoms with van der Waals surface area (Å²) in [6, 6.07) is 12.0. The molecule has 0 aliphatic heterocycles. The fraction of sp³-hybridized carbons (Fsp3) is 0. The van der Waals surface area contributed by atoms with Gasteiger partial charge in [0, 0.05) is 18.2 Å². The molecule has 0 aromatic heterocycles. The first-order valence-corrected chi connectivity index (χ1v) is 7.02. The van der Waals surface area contributed by atoms with Gasteiger partial charge in [0.05, 0.1) is 26.0 Å². The van der Waals surface area contributed by atoms with E-state index in [1.165, 1.54) is 42.5 Å². The number of nitriles is 1. The quantitative estimate of drug-likeness (QED) is 0.342. The average Bonchev–Trinajstić information content (AvgIpc) is 2.52. The van der Waals surface area contributed by atoms with E-state index in [4.69, 9.17) is 0 Å². The molecule has 0 fully saturated rings. The predicted octanol–water partition coefficient (Wildman–Crippen LogP) is 4.33. The summed E-state index contributed by atoms with van der Waals surface area (Å²) in [7, 11) is 0. The van der Waals surface area contributed by atoms with Crippen LogP contribution in [0.3, 0.4) is 0 Å². The van der Waals surface area contributed by atoms with Crippen LogP contribution < -0.4 is 0 Å². The first-order valence-electron chi connectivity index (χ1n) is 6.23. The molecule has 0 aliphatic rings. The molecule has 0 bridgehead atoms. The van der Waals surface area contributed by atoms with Crippen LogP contribution >= 0.6 is 15.9 Å². The minimum absolute atomic E-state index is 0.0656. The van der Waals surface area contributed by atoms with E-state index in [0.29, 0.717) is 21.2 Å². The van der Waals surface area contributed by atoms with Crippen LogP contribution in [-0.4, -0.2) is 9.85 Å². The number of nitro benzene ring substituents is 2. The SMILES string of the molecule is N#C/C(=C\c1ccc([N+](=O)[O-])c(Br)c1)c1ccc([N+](=O)[O-])cc1. The Kier molecular flexibility index (Phi) is 4.83. The van der Waals surface area contributed by atoms with Gasteiger partial charge in [-0.25, -0.2) is 0 Å². The number of hydrogen-bond donors (Lipinski definition) is 0. The summed E-state index contributed by atoms with van der Waals surface area (Å²) >= 11 is 3.11. The van der Waals surface area contributed by atoms with E-state index in [1.807, 2.05) is 6.07 Å². The van der Waals surface area contributed by atoms with Crippen LogP contribution in [0.25, 0.3) is 11.6 Å². The summed E-state index contributed by atoms with van der Waals surface area (Å²) in [5, 5.41) is 30.7. The second-order valence-corrected chi connectivity index (χ2v) is 5.30. The van der Waals surface area contributed by atoms with Gasteiger partial charge in [-0.05, 0) is 57.4 Å². The molecular weight excluding hydrogens is 366 g/mol. The third kappa shape index (κ3) is 3.78. The zero-order chi connectivity index (χ0) is 17.0. The molecule has 0 radical (unpaired) electrons. The van der Waals surface area contributed by atoms with E-state index in [2.05, 4.69) is 15.9 Å². The predicted molar refractivity (Wildman–Crippen MR) is 87.4 cm³/mol. The van der Waals surface area contributed by atoms with Crippen molar-refractivity contribution < 1.29 is 9.85 Å². The first kappa shape index (κ1) is 16.3. The molecule has 0 N–H and O–H groups in total. The maximum absolute atomic E-state index is 10.8. The van der Waals surface area contributed by atoms with E-state index < -0.39 is 9.85 Å². The van der Waals surface area contributed by atoms with Crippen LogP contribution in [0, 0.1) is 31.6 Å². The lowest BCUT2D eigenvalue weighted by molar-refractivity contribution is -0.385. The number of allylic oxidation sites excluding steroid dienone is 1. The topological polar surface area (TPSA) is 110 Å². The van der Waals surface area contributed by atoms with Gasteiger partial charge < -0.3 is 0 Å². The van der Waals surface area contributed by atoms with Crippen LogP contribution in [0.5, 0.6) is 0 Å². The molecule has 8 heteroatoms. The second kappa shape index (κ2) is 6.81. The van der Waals surface area contributed by atoms with E-state index in [-0.39, 0.29) is 11.4 Å². The second-order valence-electron chi connectivity index (χ2n) is 4.44. The highest BCUT2D eigenvalue weighted by Crippen LogP contribution is 2.28. The number of rotatable bonds is 4. The number of halogens is 1. The van der Waals surface area contributed by atoms with Gasteiger partial charge in [0.25, 0.3) is 11.4 Å². The molecule has 0 saturated carbocycles. The van der Waals surface area contributed by atoms with Crippen molar-refractivity contribution in [2.45, 2.75) is 0 Å². The Morgan fingerprint density at radius 3 is 2.22 bits per heavy atom. The highest BCUT2D eigenvalue weighted by molar-refractivity contribution is 9.10. The van der Waals surface area contributed by atoms with Crippen LogP contribution in [0.1, 0.15) is 11.1 Å². The molecular formula is C15H8BrN3O4. The minimum atomic E-state index is -0.521. The van der Waals surface area contributed by atoms with E-state index >= 15 is 0 Å². The summed E-state index contributed by atoms with van der Waals surface area (Å²) in [6.45, 7) is 0. The van der Waals surface area contributed by atoms with Crippen molar-refractivity contribution in [3.8, 4) is 6.07 Å². The lowest BCUT2D eigenvalue weighted by atomic mass is 10.0. The van der Waals surface area contributed by atoms with Gasteiger partial charge in [-0.1, -0.05) is 0 Å². The van der Waals surface area contributed by atoms with Crippen molar-refractivity contribution in [1.82, 2.24) is 0 Å². The zero-order valence-corrected chi connectivity index (χ0v) is 13.1. The molecule has 2 rings (SSSR count). The molecule has 2 aromatic carbocycles. The zero-order valence-electron chi connectivity index (χ0n) is 11.5. The Bertz CT molecular complexity index is 854. The van der Waals surface area contributed by atoms with E-state index in [9.17, 15) is 25.5 Å². The summed E-state index contributed by atoms with van der Waals surface area (Å²) in [5.41, 5.74) is 1.27. The monoisotopic (exact) mass is 373 g/mol. The number of hydrogen-bond acceptors (Lipinski definition) is 5. The van der Waals surface area contributed by atoms with Gasteiger partial charge in [-0.3, -0.25) is 20.2 Å². The summed E-state index contributed by atoms with van der Waals surface area (Å²) < 4.78 is 0.303. The van der Waals surface area contributed by atoms with Crippen molar-refractivity contribution in [2.24, 2.45) is 0 Å². The Balaban J connectivity index is 2.39. The molecule has 0 atom stereocenters. The van der Waals surface area contributed by atoms with Gasteiger partial charge in [0.2, 0.25) is 0 Å². The van der Waals surface area contributed by atoms with Crippen molar-refractivity contribution in [2.75, 3.05) is 0 Å². The van der Waals surface area contributed by atoms with Gasteiger partial charge in [0.1, 0.15) is 0 Å². The highest BCUT2D eigenvalue weighted by atomic mass is 79.9. The molecule has 0 spiro atoms. The van der Waals surface area contributed by atoms with Crippen LogP contribution in [0.2, 0.25) is 0 Å². The highest BCUT2D eigenvalue weighted by Gasteiger charge is 2.12. The fourth-order valence-electron chi connectivity index (χ4n) is 1.87. The Morgan fingerprint density at radius 2 is 1.74 bits per heavy atom. The normalized spacial score (nSPS) is 10.9. The molecule has 7 nitrogen and oxygen atoms in total. The molecule has 0 amide bonds. The number of nitro groups is 2. The van der Waals surface area contributed by atoms with E-state index in [1.54, 1.807) is 6.08 Å². The number of nitrogens with zero attached hydrogens (tertiary/aromatic N) is 3. The Hall–Kier alpha value is -3.05. The summed E-state index contributed by atoms with van der Waals surface area (Å²) in [6.07, 6.45) is 1.55. The van der Waals surface area contributed by atoms with Gasteiger partial charge in [-0.15, -0.1) is 0 Å². The van der Waals surface area contributed by atoms with Crippen molar-refractivity contribution >= 4 is 39.0 Å². The third-order valence-corrected chi connectivity index (χ3v) is 3.62. The number of benzene rings is 2. The Morgan fingerprint density at radius 1 is 1.09 bits per heavy atom. The van der Waals surface area contributed by atoms with Crippen molar-refractivity contribution in [3.05, 3.63) is 78.3 Å². The maximum Gasteiger partial charge on any atom is 0.283 e. The smallest absolute Gasteiger partial charge is 0.258 e. The first-order chi connectivity index (χ1) is 10.9. The largest absolute Gasteiger partial charge is 0.283 e. The molecule has 0 saturated heterocycles. The van der Waals surface area contributed by atoms with Crippen molar-refractivity contribution in [1.29, 1.82) is 5.26 Å². The van der Waals surface area contributed by atoms with Crippen LogP contribution in [0.4, 0.5) is 11.4 Å². The number of non-ortho nitro benzene ring substituents is 1. The molecule has 114 valence electrons. The summed E-state index contributed by atoms with van der Waals surface area (Å²) in [5.74, 6) is 0.